The zero-order valence-corrected chi connectivity index (χ0v) is 9.14. The van der Waals surface area contributed by atoms with Gasteiger partial charge in [-0.2, -0.15) is 0 Å². The van der Waals surface area contributed by atoms with E-state index < -0.39 is 0 Å². The Hall–Kier alpha value is -2.10. The molecule has 0 fully saturated rings. The summed E-state index contributed by atoms with van der Waals surface area (Å²) in [6, 6.07) is 1.78. The van der Waals surface area contributed by atoms with Gasteiger partial charge in [-0.1, -0.05) is 0 Å². The zero-order chi connectivity index (χ0) is 11.5. The van der Waals surface area contributed by atoms with E-state index in [1.165, 1.54) is 6.20 Å². The second kappa shape index (κ2) is 4.18. The molecule has 0 saturated carbocycles. The average molecular weight is 213 g/mol. The summed E-state index contributed by atoms with van der Waals surface area (Å²) in [6.07, 6.45) is 6.48. The third-order valence-corrected chi connectivity index (χ3v) is 2.12. The first kappa shape index (κ1) is 10.4. The number of ketones is 1. The first-order valence-electron chi connectivity index (χ1n) is 4.92. The fraction of sp³-hybridized carbons (Fsp3) is 0.167. The predicted octanol–water partition coefficient (Wildman–Crippen LogP) is 1.72. The van der Waals surface area contributed by atoms with E-state index in [9.17, 15) is 4.79 Å². The molecule has 2 rings (SSSR count). The molecule has 0 aromatic carbocycles. The molecule has 4 nitrogen and oxygen atoms in total. The van der Waals surface area contributed by atoms with Gasteiger partial charge in [-0.3, -0.25) is 9.78 Å². The van der Waals surface area contributed by atoms with Crippen LogP contribution in [-0.2, 0) is 0 Å². The van der Waals surface area contributed by atoms with Gasteiger partial charge in [0.2, 0.25) is 11.6 Å². The van der Waals surface area contributed by atoms with Gasteiger partial charge in [-0.05, 0) is 31.0 Å². The third kappa shape index (κ3) is 2.11. The lowest BCUT2D eigenvalue weighted by Crippen LogP contribution is -2.07. The van der Waals surface area contributed by atoms with Crippen LogP contribution < -0.4 is 0 Å². The van der Waals surface area contributed by atoms with Gasteiger partial charge in [0.25, 0.3) is 0 Å². The second-order valence-electron chi connectivity index (χ2n) is 3.66. The van der Waals surface area contributed by atoms with Crippen LogP contribution >= 0.6 is 0 Å². The van der Waals surface area contributed by atoms with E-state index in [4.69, 9.17) is 0 Å². The van der Waals surface area contributed by atoms with Gasteiger partial charge in [0.05, 0.1) is 0 Å². The average Bonchev–Trinajstić information content (AvgIpc) is 2.29. The van der Waals surface area contributed by atoms with Gasteiger partial charge in [0.15, 0.2) is 0 Å². The molecule has 0 bridgehead atoms. The van der Waals surface area contributed by atoms with Crippen LogP contribution in [0, 0.1) is 13.8 Å². The van der Waals surface area contributed by atoms with E-state index in [2.05, 4.69) is 15.0 Å². The van der Waals surface area contributed by atoms with Crippen molar-refractivity contribution >= 4 is 5.78 Å². The lowest BCUT2D eigenvalue weighted by molar-refractivity contribution is 0.102. The van der Waals surface area contributed by atoms with Crippen LogP contribution in [0.4, 0.5) is 0 Å². The standard InChI is InChI=1S/C12H11N3O/c1-8-3-10(7-13-4-8)11(16)12-14-5-9(2)6-15-12/h3-7H,1-2H3. The first-order chi connectivity index (χ1) is 7.66. The van der Waals surface area contributed by atoms with Crippen molar-refractivity contribution in [1.82, 2.24) is 15.0 Å². The summed E-state index contributed by atoms with van der Waals surface area (Å²) in [5, 5.41) is 0. The molecule has 0 aliphatic carbocycles. The van der Waals surface area contributed by atoms with Crippen molar-refractivity contribution in [2.75, 3.05) is 0 Å². The molecular formula is C12H11N3O. The highest BCUT2D eigenvalue weighted by Crippen LogP contribution is 2.06. The molecule has 16 heavy (non-hydrogen) atoms. The number of carbonyl (C=O) groups is 1. The van der Waals surface area contributed by atoms with Crippen LogP contribution in [-0.4, -0.2) is 20.7 Å². The summed E-state index contributed by atoms with van der Waals surface area (Å²) in [6.45, 7) is 3.77. The molecule has 80 valence electrons. The maximum atomic E-state index is 11.9. The van der Waals surface area contributed by atoms with Crippen molar-refractivity contribution < 1.29 is 4.79 Å². The maximum Gasteiger partial charge on any atom is 0.231 e. The molecule has 0 radical (unpaired) electrons. The van der Waals surface area contributed by atoms with Crippen LogP contribution in [0.1, 0.15) is 27.3 Å². The summed E-state index contributed by atoms with van der Waals surface area (Å²) >= 11 is 0. The molecule has 0 aliphatic rings. The Morgan fingerprint density at radius 2 is 1.69 bits per heavy atom. The van der Waals surface area contributed by atoms with Gasteiger partial charge in [-0.25, -0.2) is 9.97 Å². The van der Waals surface area contributed by atoms with Crippen LogP contribution in [0.15, 0.2) is 30.9 Å². The van der Waals surface area contributed by atoms with E-state index >= 15 is 0 Å². The van der Waals surface area contributed by atoms with Crippen molar-refractivity contribution in [1.29, 1.82) is 0 Å². The Bertz CT molecular complexity index is 520. The van der Waals surface area contributed by atoms with Gasteiger partial charge in [0.1, 0.15) is 0 Å². The molecule has 0 N–H and O–H groups in total. The summed E-state index contributed by atoms with van der Waals surface area (Å²) in [5.41, 5.74) is 2.39. The summed E-state index contributed by atoms with van der Waals surface area (Å²) in [4.78, 5) is 23.9. The highest BCUT2D eigenvalue weighted by Gasteiger charge is 2.11. The Morgan fingerprint density at radius 3 is 2.31 bits per heavy atom. The molecule has 2 heterocycles. The molecule has 2 aromatic heterocycles. The lowest BCUT2D eigenvalue weighted by Gasteiger charge is -2.00. The lowest BCUT2D eigenvalue weighted by atomic mass is 10.1. The van der Waals surface area contributed by atoms with E-state index in [-0.39, 0.29) is 11.6 Å². The predicted molar refractivity (Wildman–Crippen MR) is 59.2 cm³/mol. The smallest absolute Gasteiger partial charge is 0.231 e. The first-order valence-corrected chi connectivity index (χ1v) is 4.92. The second-order valence-corrected chi connectivity index (χ2v) is 3.66. The summed E-state index contributed by atoms with van der Waals surface area (Å²) < 4.78 is 0. The fourth-order valence-electron chi connectivity index (χ4n) is 1.32. The summed E-state index contributed by atoms with van der Waals surface area (Å²) in [7, 11) is 0. The van der Waals surface area contributed by atoms with E-state index in [0.29, 0.717) is 5.56 Å². The highest BCUT2D eigenvalue weighted by atomic mass is 16.1. The SMILES string of the molecule is Cc1cnc(C(=O)c2cncc(C)c2)nc1. The van der Waals surface area contributed by atoms with Gasteiger partial charge >= 0.3 is 0 Å². The largest absolute Gasteiger partial charge is 0.285 e. The van der Waals surface area contributed by atoms with Crippen LogP contribution in [0.2, 0.25) is 0 Å². The molecule has 0 aliphatic heterocycles. The molecular weight excluding hydrogens is 202 g/mol. The normalized spacial score (nSPS) is 10.1. The van der Waals surface area contributed by atoms with Crippen LogP contribution in [0.3, 0.4) is 0 Å². The molecule has 0 unspecified atom stereocenters. The van der Waals surface area contributed by atoms with Crippen molar-refractivity contribution in [3.8, 4) is 0 Å². The minimum atomic E-state index is -0.198. The number of rotatable bonds is 2. The Kier molecular flexibility index (Phi) is 2.72. The van der Waals surface area contributed by atoms with E-state index in [1.54, 1.807) is 24.7 Å². The van der Waals surface area contributed by atoms with Crippen molar-refractivity contribution in [2.45, 2.75) is 13.8 Å². The minimum absolute atomic E-state index is 0.198. The fourth-order valence-corrected chi connectivity index (χ4v) is 1.32. The zero-order valence-electron chi connectivity index (χ0n) is 9.14. The van der Waals surface area contributed by atoms with E-state index in [1.807, 2.05) is 13.8 Å². The molecule has 0 spiro atoms. The van der Waals surface area contributed by atoms with Crippen molar-refractivity contribution in [3.63, 3.8) is 0 Å². The molecule has 0 saturated heterocycles. The number of aromatic nitrogens is 3. The number of hydrogen-bond donors (Lipinski definition) is 0. The molecule has 0 atom stereocenters. The quantitative estimate of drug-likeness (QED) is 0.713. The van der Waals surface area contributed by atoms with Crippen molar-refractivity contribution in [3.05, 3.63) is 53.4 Å². The minimum Gasteiger partial charge on any atom is -0.285 e. The maximum absolute atomic E-state index is 11.9. The van der Waals surface area contributed by atoms with E-state index in [0.717, 1.165) is 11.1 Å². The Morgan fingerprint density at radius 1 is 1.00 bits per heavy atom. The molecule has 4 heteroatoms. The Labute approximate surface area is 93.4 Å². The van der Waals surface area contributed by atoms with Crippen molar-refractivity contribution in [2.24, 2.45) is 0 Å². The van der Waals surface area contributed by atoms with Gasteiger partial charge in [0, 0.05) is 30.4 Å². The van der Waals surface area contributed by atoms with Crippen LogP contribution in [0.25, 0.3) is 0 Å². The summed E-state index contributed by atoms with van der Waals surface area (Å²) in [5.74, 6) is 0.00852. The Balaban J connectivity index is 2.35. The number of pyridine rings is 1. The number of hydrogen-bond acceptors (Lipinski definition) is 4. The number of aryl methyl sites for hydroxylation is 2. The molecule has 0 amide bonds. The van der Waals surface area contributed by atoms with Gasteiger partial charge in [-0.15, -0.1) is 0 Å². The van der Waals surface area contributed by atoms with Crippen LogP contribution in [0.5, 0.6) is 0 Å². The monoisotopic (exact) mass is 213 g/mol. The number of carbonyl (C=O) groups excluding carboxylic acids is 1. The topological polar surface area (TPSA) is 55.7 Å². The van der Waals surface area contributed by atoms with Gasteiger partial charge < -0.3 is 0 Å². The highest BCUT2D eigenvalue weighted by molar-refractivity contribution is 6.06. The number of nitrogens with zero attached hydrogens (tertiary/aromatic N) is 3. The third-order valence-electron chi connectivity index (χ3n) is 2.12. The molecule has 2 aromatic rings.